The molecule has 1 amide bonds. The van der Waals surface area contributed by atoms with Crippen LogP contribution in [0.3, 0.4) is 0 Å². The van der Waals surface area contributed by atoms with Gasteiger partial charge in [0.1, 0.15) is 5.88 Å². The van der Waals surface area contributed by atoms with Crippen molar-refractivity contribution >= 4 is 15.7 Å². The van der Waals surface area contributed by atoms with Gasteiger partial charge in [0.15, 0.2) is 9.84 Å². The molecule has 0 aliphatic rings. The maximum Gasteiger partial charge on any atom is 0.246 e. The minimum absolute atomic E-state index is 0.207. The molecule has 0 spiro atoms. The lowest BCUT2D eigenvalue weighted by Crippen LogP contribution is -2.30. The number of carbonyl (C=O) groups excluding carboxylic acids is 1. The molecular formula is C11H13NO3S. The molecule has 1 aromatic rings. The van der Waals surface area contributed by atoms with Crippen LogP contribution in [0.2, 0.25) is 0 Å². The molecule has 0 unspecified atom stereocenters. The molecule has 0 aromatic heterocycles. The minimum atomic E-state index is -3.46. The average molecular weight is 239 g/mol. The van der Waals surface area contributed by atoms with E-state index in [-0.39, 0.29) is 10.8 Å². The first-order chi connectivity index (χ1) is 7.47. The van der Waals surface area contributed by atoms with Crippen LogP contribution in [-0.4, -0.2) is 32.1 Å². The molecule has 86 valence electrons. The highest BCUT2D eigenvalue weighted by Gasteiger charge is 2.18. The summed E-state index contributed by atoms with van der Waals surface area (Å²) in [5.74, 6) is -0.762. The molecule has 4 nitrogen and oxygen atoms in total. The maximum atomic E-state index is 11.8. The molecule has 0 N–H and O–H groups in total. The summed E-state index contributed by atoms with van der Waals surface area (Å²) in [6, 6.07) is 8.02. The van der Waals surface area contributed by atoms with Crippen molar-refractivity contribution < 1.29 is 13.2 Å². The summed E-state index contributed by atoms with van der Waals surface area (Å²) in [5.41, 5.74) is 0. The first-order valence-electron chi connectivity index (χ1n) is 4.62. The van der Waals surface area contributed by atoms with Gasteiger partial charge in [0.25, 0.3) is 0 Å². The summed E-state index contributed by atoms with van der Waals surface area (Å²) in [6.45, 7) is 3.30. The zero-order chi connectivity index (χ0) is 12.2. The van der Waals surface area contributed by atoms with Gasteiger partial charge in [0.2, 0.25) is 5.91 Å². The van der Waals surface area contributed by atoms with Crippen LogP contribution in [0.15, 0.2) is 47.9 Å². The largest absolute Gasteiger partial charge is 0.327 e. The highest BCUT2D eigenvalue weighted by molar-refractivity contribution is 7.91. The second-order valence-corrected chi connectivity index (χ2v) is 5.26. The van der Waals surface area contributed by atoms with Gasteiger partial charge in [-0.1, -0.05) is 24.8 Å². The normalized spacial score (nSPS) is 10.8. The summed E-state index contributed by atoms with van der Waals surface area (Å²) >= 11 is 0. The lowest BCUT2D eigenvalue weighted by molar-refractivity contribution is -0.124. The van der Waals surface area contributed by atoms with Gasteiger partial charge >= 0.3 is 0 Å². The van der Waals surface area contributed by atoms with Crippen molar-refractivity contribution in [3.05, 3.63) is 43.0 Å². The third-order valence-corrected chi connectivity index (χ3v) is 3.73. The van der Waals surface area contributed by atoms with E-state index < -0.39 is 15.7 Å². The lowest BCUT2D eigenvalue weighted by atomic mass is 10.4. The maximum absolute atomic E-state index is 11.8. The molecule has 0 aliphatic heterocycles. The van der Waals surface area contributed by atoms with Crippen molar-refractivity contribution in [3.8, 4) is 0 Å². The Kier molecular flexibility index (Phi) is 3.84. The molecule has 1 aromatic carbocycles. The van der Waals surface area contributed by atoms with Gasteiger partial charge < -0.3 is 4.90 Å². The molecule has 0 radical (unpaired) electrons. The second-order valence-electron chi connectivity index (χ2n) is 3.30. The van der Waals surface area contributed by atoms with Crippen LogP contribution in [0, 0.1) is 0 Å². The SMILES string of the molecule is C=CC(=O)N(C)CS(=O)(=O)c1ccccc1. The first-order valence-corrected chi connectivity index (χ1v) is 6.28. The molecular weight excluding hydrogens is 226 g/mol. The zero-order valence-corrected chi connectivity index (χ0v) is 9.78. The van der Waals surface area contributed by atoms with Crippen molar-refractivity contribution in [2.24, 2.45) is 0 Å². The summed E-state index contributed by atoms with van der Waals surface area (Å²) in [4.78, 5) is 12.5. The highest BCUT2D eigenvalue weighted by atomic mass is 32.2. The van der Waals surface area contributed by atoms with Gasteiger partial charge in [-0.2, -0.15) is 0 Å². The topological polar surface area (TPSA) is 54.5 Å². The molecule has 0 heterocycles. The third-order valence-electron chi connectivity index (χ3n) is 2.02. The fourth-order valence-electron chi connectivity index (χ4n) is 1.18. The van der Waals surface area contributed by atoms with Crippen molar-refractivity contribution in [1.29, 1.82) is 0 Å². The van der Waals surface area contributed by atoms with Gasteiger partial charge in [0.05, 0.1) is 4.90 Å². The minimum Gasteiger partial charge on any atom is -0.327 e. The summed E-state index contributed by atoms with van der Waals surface area (Å²) in [5, 5.41) is 0. The van der Waals surface area contributed by atoms with E-state index in [0.29, 0.717) is 0 Å². The van der Waals surface area contributed by atoms with Crippen molar-refractivity contribution in [2.45, 2.75) is 4.90 Å². The molecule has 5 heteroatoms. The zero-order valence-electron chi connectivity index (χ0n) is 8.96. The Balaban J connectivity index is 2.89. The molecule has 16 heavy (non-hydrogen) atoms. The Morgan fingerprint density at radius 1 is 1.38 bits per heavy atom. The van der Waals surface area contributed by atoms with Gasteiger partial charge in [-0.15, -0.1) is 0 Å². The number of rotatable bonds is 4. The van der Waals surface area contributed by atoms with E-state index in [1.807, 2.05) is 0 Å². The fraction of sp³-hybridized carbons (Fsp3) is 0.182. The number of likely N-dealkylation sites (N-methyl/N-ethyl adjacent to an activating group) is 1. The van der Waals surface area contributed by atoms with E-state index in [9.17, 15) is 13.2 Å². The molecule has 0 saturated carbocycles. The van der Waals surface area contributed by atoms with Crippen LogP contribution >= 0.6 is 0 Å². The molecule has 0 fully saturated rings. The van der Waals surface area contributed by atoms with E-state index >= 15 is 0 Å². The van der Waals surface area contributed by atoms with E-state index in [4.69, 9.17) is 0 Å². The molecule has 0 bridgehead atoms. The predicted octanol–water partition coefficient (Wildman–Crippen LogP) is 1.06. The number of amides is 1. The predicted molar refractivity (Wildman–Crippen MR) is 61.5 cm³/mol. The van der Waals surface area contributed by atoms with E-state index in [2.05, 4.69) is 6.58 Å². The monoisotopic (exact) mass is 239 g/mol. The van der Waals surface area contributed by atoms with Crippen molar-refractivity contribution in [1.82, 2.24) is 4.90 Å². The molecule has 0 atom stereocenters. The molecule has 0 aliphatic carbocycles. The van der Waals surface area contributed by atoms with Crippen molar-refractivity contribution in [3.63, 3.8) is 0 Å². The van der Waals surface area contributed by atoms with Gasteiger partial charge in [-0.05, 0) is 18.2 Å². The highest BCUT2D eigenvalue weighted by Crippen LogP contribution is 2.10. The van der Waals surface area contributed by atoms with Crippen LogP contribution < -0.4 is 0 Å². The van der Waals surface area contributed by atoms with Crippen LogP contribution in [0.25, 0.3) is 0 Å². The number of benzene rings is 1. The van der Waals surface area contributed by atoms with Crippen LogP contribution in [0.5, 0.6) is 0 Å². The smallest absolute Gasteiger partial charge is 0.246 e. The first kappa shape index (κ1) is 12.4. The summed E-state index contributed by atoms with van der Waals surface area (Å²) in [7, 11) is -2.04. The number of sulfone groups is 1. The number of hydrogen-bond donors (Lipinski definition) is 0. The van der Waals surface area contributed by atoms with Gasteiger partial charge in [-0.25, -0.2) is 8.42 Å². The number of hydrogen-bond acceptors (Lipinski definition) is 3. The quantitative estimate of drug-likeness (QED) is 0.738. The molecule has 1 rings (SSSR count). The van der Waals surface area contributed by atoms with Crippen LogP contribution in [-0.2, 0) is 14.6 Å². The Morgan fingerprint density at radius 3 is 2.44 bits per heavy atom. The van der Waals surface area contributed by atoms with Gasteiger partial charge in [0, 0.05) is 7.05 Å². The van der Waals surface area contributed by atoms with E-state index in [1.165, 1.54) is 19.2 Å². The van der Waals surface area contributed by atoms with Crippen LogP contribution in [0.1, 0.15) is 0 Å². The Morgan fingerprint density at radius 2 is 1.94 bits per heavy atom. The summed E-state index contributed by atoms with van der Waals surface area (Å²) < 4.78 is 23.7. The third kappa shape index (κ3) is 2.93. The Labute approximate surface area is 95.1 Å². The summed E-state index contributed by atoms with van der Waals surface area (Å²) in [6.07, 6.45) is 1.08. The van der Waals surface area contributed by atoms with Crippen molar-refractivity contribution in [2.75, 3.05) is 12.9 Å². The van der Waals surface area contributed by atoms with Crippen LogP contribution in [0.4, 0.5) is 0 Å². The lowest BCUT2D eigenvalue weighted by Gasteiger charge is -2.14. The second kappa shape index (κ2) is 4.94. The number of nitrogens with zero attached hydrogens (tertiary/aromatic N) is 1. The standard InChI is InChI=1S/C11H13NO3S/c1-3-11(13)12(2)9-16(14,15)10-7-5-4-6-8-10/h3-8H,1,9H2,2H3. The number of carbonyl (C=O) groups is 1. The molecule has 0 saturated heterocycles. The van der Waals surface area contributed by atoms with E-state index in [0.717, 1.165) is 11.0 Å². The Bertz CT molecular complexity index is 479. The fourth-order valence-corrected chi connectivity index (χ4v) is 2.53. The van der Waals surface area contributed by atoms with Gasteiger partial charge in [-0.3, -0.25) is 4.79 Å². The van der Waals surface area contributed by atoms with E-state index in [1.54, 1.807) is 18.2 Å². The average Bonchev–Trinajstić information content (AvgIpc) is 2.28. The Hall–Kier alpha value is -1.62.